The molecule has 1 aromatic carbocycles. The summed E-state index contributed by atoms with van der Waals surface area (Å²) in [5.74, 6) is -0.293. The Balaban J connectivity index is 1.65. The summed E-state index contributed by atoms with van der Waals surface area (Å²) in [7, 11) is 0. The standard InChI is InChI=1S/C18H21FN6O2S/c19-11-6-10(16(21)26)17(23-9-1-2-14-15(5-9)28-8-22-14)25-18(11)24-13-3-4-27-7-12(13)20/h1-2,5-6,8,12-13,16,26H,3-4,7,20-21H2,(H2,23,24,25)/t12-,13+,16?/m0/s1. The van der Waals surface area contributed by atoms with Crippen molar-refractivity contribution in [2.75, 3.05) is 23.8 Å². The molecule has 10 heteroatoms. The lowest BCUT2D eigenvalue weighted by molar-refractivity contribution is 0.0751. The van der Waals surface area contributed by atoms with Crippen molar-refractivity contribution >= 4 is 38.9 Å². The molecule has 8 nitrogen and oxygen atoms in total. The lowest BCUT2D eigenvalue weighted by Crippen LogP contribution is -2.47. The van der Waals surface area contributed by atoms with Crippen LogP contribution in [0.2, 0.25) is 0 Å². The molecule has 0 saturated carbocycles. The van der Waals surface area contributed by atoms with E-state index in [4.69, 9.17) is 16.2 Å². The second kappa shape index (κ2) is 7.94. The van der Waals surface area contributed by atoms with E-state index >= 15 is 0 Å². The molecule has 3 heterocycles. The first kappa shape index (κ1) is 19.0. The Morgan fingerprint density at radius 3 is 2.96 bits per heavy atom. The number of nitrogens with two attached hydrogens (primary N) is 2. The summed E-state index contributed by atoms with van der Waals surface area (Å²) in [5, 5.41) is 16.0. The second-order valence-electron chi connectivity index (χ2n) is 6.64. The maximum Gasteiger partial charge on any atom is 0.166 e. The fourth-order valence-corrected chi connectivity index (χ4v) is 3.83. The maximum atomic E-state index is 14.6. The van der Waals surface area contributed by atoms with Gasteiger partial charge in [-0.15, -0.1) is 11.3 Å². The zero-order valence-electron chi connectivity index (χ0n) is 14.9. The molecule has 1 fully saturated rings. The van der Waals surface area contributed by atoms with Gasteiger partial charge < -0.3 is 31.9 Å². The molecule has 1 aliphatic heterocycles. The molecule has 3 atom stereocenters. The average molecular weight is 404 g/mol. The molecule has 2 aromatic heterocycles. The highest BCUT2D eigenvalue weighted by Crippen LogP contribution is 2.29. The van der Waals surface area contributed by atoms with Crippen molar-refractivity contribution in [2.24, 2.45) is 11.5 Å². The molecule has 4 rings (SSSR count). The summed E-state index contributed by atoms with van der Waals surface area (Å²) >= 11 is 1.51. The lowest BCUT2D eigenvalue weighted by Gasteiger charge is -2.30. The molecule has 0 spiro atoms. The van der Waals surface area contributed by atoms with Gasteiger partial charge in [0.05, 0.1) is 22.3 Å². The molecule has 1 unspecified atom stereocenters. The average Bonchev–Trinajstić information content (AvgIpc) is 3.13. The van der Waals surface area contributed by atoms with Gasteiger partial charge in [0.2, 0.25) is 0 Å². The number of fused-ring (bicyclic) bond motifs is 1. The van der Waals surface area contributed by atoms with Crippen molar-refractivity contribution in [2.45, 2.75) is 24.7 Å². The number of rotatable bonds is 5. The third kappa shape index (κ3) is 3.91. The summed E-state index contributed by atoms with van der Waals surface area (Å²) in [6.07, 6.45) is -0.732. The van der Waals surface area contributed by atoms with Gasteiger partial charge in [-0.25, -0.2) is 14.4 Å². The number of anilines is 3. The van der Waals surface area contributed by atoms with Gasteiger partial charge in [0, 0.05) is 29.9 Å². The number of aliphatic hydroxyl groups is 1. The highest BCUT2D eigenvalue weighted by Gasteiger charge is 2.25. The van der Waals surface area contributed by atoms with Crippen molar-refractivity contribution in [3.05, 3.63) is 41.2 Å². The Morgan fingerprint density at radius 2 is 2.18 bits per heavy atom. The van der Waals surface area contributed by atoms with Crippen molar-refractivity contribution < 1.29 is 14.2 Å². The van der Waals surface area contributed by atoms with Crippen molar-refractivity contribution in [3.8, 4) is 0 Å². The number of pyridine rings is 1. The van der Waals surface area contributed by atoms with E-state index < -0.39 is 12.0 Å². The van der Waals surface area contributed by atoms with Crippen LogP contribution in [0.15, 0.2) is 29.8 Å². The van der Waals surface area contributed by atoms with Crippen LogP contribution >= 0.6 is 11.3 Å². The molecule has 1 saturated heterocycles. The van der Waals surface area contributed by atoms with Crippen LogP contribution in [0, 0.1) is 5.82 Å². The number of halogens is 1. The first-order valence-corrected chi connectivity index (χ1v) is 9.73. The van der Waals surface area contributed by atoms with E-state index in [-0.39, 0.29) is 29.3 Å². The van der Waals surface area contributed by atoms with Gasteiger partial charge in [-0.05, 0) is 30.7 Å². The number of ether oxygens (including phenoxy) is 1. The number of hydrogen-bond donors (Lipinski definition) is 5. The van der Waals surface area contributed by atoms with Crippen molar-refractivity contribution in [1.82, 2.24) is 9.97 Å². The molecule has 0 amide bonds. The number of nitrogens with one attached hydrogen (secondary N) is 2. The summed E-state index contributed by atoms with van der Waals surface area (Å²) < 4.78 is 20.9. The second-order valence-corrected chi connectivity index (χ2v) is 7.53. The summed E-state index contributed by atoms with van der Waals surface area (Å²) in [5.41, 5.74) is 15.2. The first-order chi connectivity index (χ1) is 13.5. The molecule has 7 N–H and O–H groups in total. The minimum Gasteiger partial charge on any atom is -0.380 e. The predicted octanol–water partition coefficient (Wildman–Crippen LogP) is 2.05. The van der Waals surface area contributed by atoms with Crippen molar-refractivity contribution in [1.29, 1.82) is 0 Å². The van der Waals surface area contributed by atoms with Crippen molar-refractivity contribution in [3.63, 3.8) is 0 Å². The maximum absolute atomic E-state index is 14.6. The first-order valence-electron chi connectivity index (χ1n) is 8.85. The Bertz CT molecular complexity index is 982. The van der Waals surface area contributed by atoms with Gasteiger partial charge in [-0.1, -0.05) is 0 Å². The number of aromatic nitrogens is 2. The lowest BCUT2D eigenvalue weighted by atomic mass is 10.0. The number of benzene rings is 1. The third-order valence-corrected chi connectivity index (χ3v) is 5.43. The molecular formula is C18H21FN6O2S. The smallest absolute Gasteiger partial charge is 0.166 e. The van der Waals surface area contributed by atoms with Crippen LogP contribution in [0.4, 0.5) is 21.7 Å². The van der Waals surface area contributed by atoms with Crippen LogP contribution in [-0.4, -0.2) is 40.4 Å². The highest BCUT2D eigenvalue weighted by molar-refractivity contribution is 7.16. The number of hydrogen-bond acceptors (Lipinski definition) is 9. The van der Waals surface area contributed by atoms with E-state index in [1.165, 1.54) is 17.4 Å². The largest absolute Gasteiger partial charge is 0.380 e. The molecular weight excluding hydrogens is 383 g/mol. The number of aliphatic hydroxyl groups excluding tert-OH is 1. The summed E-state index contributed by atoms with van der Waals surface area (Å²) in [4.78, 5) is 8.58. The topological polar surface area (TPSA) is 131 Å². The minimum absolute atomic E-state index is 0.0492. The Hall–Kier alpha value is -2.37. The van der Waals surface area contributed by atoms with Gasteiger partial charge >= 0.3 is 0 Å². The normalized spacial score (nSPS) is 20.9. The Kier molecular flexibility index (Phi) is 5.38. The molecule has 28 heavy (non-hydrogen) atoms. The van der Waals surface area contributed by atoms with E-state index in [9.17, 15) is 9.50 Å². The molecule has 1 aliphatic rings. The molecule has 3 aromatic rings. The fourth-order valence-electron chi connectivity index (χ4n) is 3.11. The number of nitrogens with zero attached hydrogens (tertiary/aromatic N) is 2. The third-order valence-electron chi connectivity index (χ3n) is 4.64. The molecule has 0 aliphatic carbocycles. The fraction of sp³-hybridized carbons (Fsp3) is 0.333. The van der Waals surface area contributed by atoms with E-state index in [0.717, 1.165) is 15.9 Å². The summed E-state index contributed by atoms with van der Waals surface area (Å²) in [6.45, 7) is 0.950. The molecule has 148 valence electrons. The van der Waals surface area contributed by atoms with Gasteiger partial charge in [-0.2, -0.15) is 0 Å². The van der Waals surface area contributed by atoms with Crippen LogP contribution in [0.3, 0.4) is 0 Å². The van der Waals surface area contributed by atoms with Crippen LogP contribution in [-0.2, 0) is 4.74 Å². The quantitative estimate of drug-likeness (QED) is 0.408. The van der Waals surface area contributed by atoms with E-state index in [1.54, 1.807) is 5.51 Å². The van der Waals surface area contributed by atoms with Gasteiger partial charge in [0.25, 0.3) is 0 Å². The van der Waals surface area contributed by atoms with Gasteiger partial charge in [-0.3, -0.25) is 0 Å². The van der Waals surface area contributed by atoms with Gasteiger partial charge in [0.15, 0.2) is 11.6 Å². The number of thiazole rings is 1. The zero-order valence-corrected chi connectivity index (χ0v) is 15.7. The summed E-state index contributed by atoms with van der Waals surface area (Å²) in [6, 6.07) is 6.37. The molecule has 0 bridgehead atoms. The monoisotopic (exact) mass is 404 g/mol. The van der Waals surface area contributed by atoms with Gasteiger partial charge in [0.1, 0.15) is 12.0 Å². The van der Waals surface area contributed by atoms with Crippen LogP contribution in [0.1, 0.15) is 18.2 Å². The predicted molar refractivity (Wildman–Crippen MR) is 107 cm³/mol. The van der Waals surface area contributed by atoms with E-state index in [1.807, 2.05) is 18.2 Å². The van der Waals surface area contributed by atoms with Crippen LogP contribution in [0.5, 0.6) is 0 Å². The Labute approximate surface area is 164 Å². The van der Waals surface area contributed by atoms with E-state index in [2.05, 4.69) is 20.6 Å². The van der Waals surface area contributed by atoms with Crippen LogP contribution < -0.4 is 22.1 Å². The SMILES string of the molecule is NC(O)c1cc(F)c(N[C@@H]2CCOC[C@@H]2N)nc1Nc1ccc2ncsc2c1. The van der Waals surface area contributed by atoms with Crippen LogP contribution in [0.25, 0.3) is 10.2 Å². The highest BCUT2D eigenvalue weighted by atomic mass is 32.1. The zero-order chi connectivity index (χ0) is 19.7. The Morgan fingerprint density at radius 1 is 1.32 bits per heavy atom. The van der Waals surface area contributed by atoms with E-state index in [0.29, 0.717) is 19.6 Å². The minimum atomic E-state index is -1.38. The molecule has 0 radical (unpaired) electrons.